The molecule has 8 heteroatoms. The molecule has 0 fully saturated rings. The number of amides is 1. The Hall–Kier alpha value is -1.54. The van der Waals surface area contributed by atoms with Crippen LogP contribution in [0.3, 0.4) is 0 Å². The molecule has 0 bridgehead atoms. The first-order valence-electron chi connectivity index (χ1n) is 5.41. The molecule has 0 saturated heterocycles. The molecule has 6 N–H and O–H groups in total. The zero-order chi connectivity index (χ0) is 13.8. The second-order valence-electron chi connectivity index (χ2n) is 3.74. The van der Waals surface area contributed by atoms with Gasteiger partial charge in [-0.3, -0.25) is 10.5 Å². The third kappa shape index (κ3) is 3.71. The number of carbonyl (C=O) groups is 1. The van der Waals surface area contributed by atoms with Crippen molar-refractivity contribution in [2.45, 2.75) is 0 Å². The first-order valence-corrected chi connectivity index (χ1v) is 7.00. The number of nitrogens with two attached hydrogens (primary N) is 1. The summed E-state index contributed by atoms with van der Waals surface area (Å²) in [7, 11) is 0. The van der Waals surface area contributed by atoms with E-state index in [1.165, 1.54) is 0 Å². The van der Waals surface area contributed by atoms with Crippen LogP contribution < -0.4 is 16.0 Å². The van der Waals surface area contributed by atoms with Crippen molar-refractivity contribution in [1.29, 1.82) is 0 Å². The Morgan fingerprint density at radius 2 is 2.26 bits per heavy atom. The molecule has 0 atom stereocenters. The van der Waals surface area contributed by atoms with Crippen molar-refractivity contribution < 1.29 is 9.78 Å². The van der Waals surface area contributed by atoms with Crippen molar-refractivity contribution in [3.8, 4) is 0 Å². The summed E-state index contributed by atoms with van der Waals surface area (Å²) in [5, 5.41) is 2.76. The normalized spacial score (nSPS) is 11.1. The van der Waals surface area contributed by atoms with Crippen LogP contribution in [0, 0.1) is 0 Å². The zero-order valence-electron chi connectivity index (χ0n) is 9.76. The summed E-state index contributed by atoms with van der Waals surface area (Å²) < 4.78 is 1.55. The lowest BCUT2D eigenvalue weighted by atomic mass is 10.4. The SMILES string of the molecule is Nc1[nH]c(C=CCNC(=O)c2cc(Br)c(Br)[nH]2)c[nH+]1. The maximum atomic E-state index is 11.8. The molecular formula is C11H12Br2N5O+. The minimum Gasteiger partial charge on any atom is -0.347 e. The number of aromatic amines is 3. The Morgan fingerprint density at radius 3 is 2.84 bits per heavy atom. The summed E-state index contributed by atoms with van der Waals surface area (Å²) in [5.41, 5.74) is 6.83. The van der Waals surface area contributed by atoms with E-state index in [1.54, 1.807) is 12.3 Å². The van der Waals surface area contributed by atoms with Crippen molar-refractivity contribution in [2.75, 3.05) is 12.3 Å². The fraction of sp³-hybridized carbons (Fsp3) is 0.0909. The van der Waals surface area contributed by atoms with Crippen LogP contribution in [0.1, 0.15) is 16.2 Å². The Bertz CT molecular complexity index is 597. The highest BCUT2D eigenvalue weighted by Gasteiger charge is 2.09. The molecule has 1 amide bonds. The van der Waals surface area contributed by atoms with E-state index in [9.17, 15) is 4.79 Å². The van der Waals surface area contributed by atoms with Gasteiger partial charge in [0.05, 0.1) is 9.08 Å². The van der Waals surface area contributed by atoms with Gasteiger partial charge in [-0.15, -0.1) is 0 Å². The number of nitrogen functional groups attached to an aromatic ring is 1. The summed E-state index contributed by atoms with van der Waals surface area (Å²) >= 11 is 6.59. The van der Waals surface area contributed by atoms with Gasteiger partial charge in [0, 0.05) is 6.54 Å². The molecular weight excluding hydrogens is 378 g/mol. The molecule has 0 unspecified atom stereocenters. The van der Waals surface area contributed by atoms with Crippen LogP contribution in [0.4, 0.5) is 5.95 Å². The number of aromatic nitrogens is 3. The van der Waals surface area contributed by atoms with E-state index in [1.807, 2.05) is 12.2 Å². The van der Waals surface area contributed by atoms with E-state index in [2.05, 4.69) is 52.1 Å². The van der Waals surface area contributed by atoms with Crippen LogP contribution in [0.15, 0.2) is 27.4 Å². The number of anilines is 1. The number of hydrogen-bond acceptors (Lipinski definition) is 2. The molecule has 0 aliphatic carbocycles. The summed E-state index contributed by atoms with van der Waals surface area (Å²) in [4.78, 5) is 20.4. The summed E-state index contributed by atoms with van der Waals surface area (Å²) in [6, 6.07) is 1.71. The molecule has 0 aliphatic rings. The topological polar surface area (TPSA) is 101 Å². The molecule has 2 aromatic heterocycles. The number of nitrogens with one attached hydrogen (secondary N) is 4. The Morgan fingerprint density at radius 1 is 1.47 bits per heavy atom. The van der Waals surface area contributed by atoms with Gasteiger partial charge < -0.3 is 10.3 Å². The van der Waals surface area contributed by atoms with Gasteiger partial charge in [0.15, 0.2) is 0 Å². The highest BCUT2D eigenvalue weighted by Crippen LogP contribution is 2.22. The fourth-order valence-electron chi connectivity index (χ4n) is 1.43. The summed E-state index contributed by atoms with van der Waals surface area (Å²) in [6.07, 6.45) is 5.39. The molecule has 0 aromatic carbocycles. The number of H-pyrrole nitrogens is 3. The van der Waals surface area contributed by atoms with Crippen molar-refractivity contribution in [1.82, 2.24) is 15.3 Å². The van der Waals surface area contributed by atoms with Crippen molar-refractivity contribution in [2.24, 2.45) is 0 Å². The molecule has 6 nitrogen and oxygen atoms in total. The average molecular weight is 390 g/mol. The first-order chi connectivity index (χ1) is 9.06. The van der Waals surface area contributed by atoms with E-state index >= 15 is 0 Å². The highest BCUT2D eigenvalue weighted by molar-refractivity contribution is 9.13. The average Bonchev–Trinajstić information content (AvgIpc) is 2.92. The van der Waals surface area contributed by atoms with Gasteiger partial charge in [0.2, 0.25) is 0 Å². The molecule has 2 aromatic rings. The maximum Gasteiger partial charge on any atom is 0.350 e. The molecule has 19 heavy (non-hydrogen) atoms. The standard InChI is InChI=1S/C11H11Br2N5O/c12-7-4-8(18-9(7)13)10(19)15-3-1-2-6-5-16-11(14)17-6/h1-2,4-5,18H,3H2,(H,15,19)(H3,14,16,17)/p+1. The van der Waals surface area contributed by atoms with Gasteiger partial charge in [-0.05, 0) is 44.0 Å². The first kappa shape index (κ1) is 13.9. The largest absolute Gasteiger partial charge is 0.350 e. The van der Waals surface area contributed by atoms with Crippen molar-refractivity contribution >= 4 is 49.8 Å². The van der Waals surface area contributed by atoms with Crippen LogP contribution >= 0.6 is 31.9 Å². The van der Waals surface area contributed by atoms with Crippen LogP contribution in [0.5, 0.6) is 0 Å². The summed E-state index contributed by atoms with van der Waals surface area (Å²) in [6.45, 7) is 0.423. The second-order valence-corrected chi connectivity index (χ2v) is 5.39. The lowest BCUT2D eigenvalue weighted by Crippen LogP contribution is -2.23. The smallest absolute Gasteiger partial charge is 0.347 e. The molecule has 100 valence electrons. The quantitative estimate of drug-likeness (QED) is 0.639. The number of carbonyl (C=O) groups excluding carboxylic acids is 1. The van der Waals surface area contributed by atoms with E-state index < -0.39 is 0 Å². The molecule has 2 heterocycles. The minimum absolute atomic E-state index is 0.173. The fourth-order valence-corrected chi connectivity index (χ4v) is 2.09. The lowest BCUT2D eigenvalue weighted by Gasteiger charge is -1.98. The lowest BCUT2D eigenvalue weighted by molar-refractivity contribution is -0.358. The molecule has 2 rings (SSSR count). The number of rotatable bonds is 4. The van der Waals surface area contributed by atoms with Gasteiger partial charge in [-0.1, -0.05) is 6.08 Å². The molecule has 0 radical (unpaired) electrons. The van der Waals surface area contributed by atoms with Gasteiger partial charge in [-0.2, -0.15) is 0 Å². The van der Waals surface area contributed by atoms with Crippen LogP contribution in [0.25, 0.3) is 6.08 Å². The van der Waals surface area contributed by atoms with Gasteiger partial charge in [0.1, 0.15) is 17.6 Å². The maximum absolute atomic E-state index is 11.8. The Kier molecular flexibility index (Phi) is 4.43. The van der Waals surface area contributed by atoms with Gasteiger partial charge >= 0.3 is 5.95 Å². The van der Waals surface area contributed by atoms with E-state index in [4.69, 9.17) is 5.73 Å². The van der Waals surface area contributed by atoms with Gasteiger partial charge in [0.25, 0.3) is 5.91 Å². The van der Waals surface area contributed by atoms with Crippen molar-refractivity contribution in [3.05, 3.63) is 38.8 Å². The van der Waals surface area contributed by atoms with Crippen LogP contribution in [0.2, 0.25) is 0 Å². The van der Waals surface area contributed by atoms with E-state index in [0.717, 1.165) is 14.8 Å². The predicted molar refractivity (Wildman–Crippen MR) is 79.3 cm³/mol. The predicted octanol–water partition coefficient (Wildman–Crippen LogP) is 1.71. The number of hydrogen-bond donors (Lipinski definition) is 4. The molecule has 0 saturated carbocycles. The molecule has 0 spiro atoms. The molecule has 0 aliphatic heterocycles. The third-order valence-corrected chi connectivity index (χ3v) is 4.09. The Labute approximate surface area is 126 Å². The number of imidazole rings is 1. The third-order valence-electron chi connectivity index (χ3n) is 2.31. The van der Waals surface area contributed by atoms with E-state index in [-0.39, 0.29) is 5.91 Å². The monoisotopic (exact) mass is 388 g/mol. The Balaban J connectivity index is 1.85. The summed E-state index contributed by atoms with van der Waals surface area (Å²) in [5.74, 6) is 0.318. The number of halogens is 2. The minimum atomic E-state index is -0.173. The second kappa shape index (κ2) is 6.07. The van der Waals surface area contributed by atoms with Crippen LogP contribution in [-0.4, -0.2) is 22.4 Å². The van der Waals surface area contributed by atoms with E-state index in [0.29, 0.717) is 18.2 Å². The van der Waals surface area contributed by atoms with Crippen molar-refractivity contribution in [3.63, 3.8) is 0 Å². The zero-order valence-corrected chi connectivity index (χ0v) is 12.9. The van der Waals surface area contributed by atoms with Crippen LogP contribution in [-0.2, 0) is 0 Å². The highest BCUT2D eigenvalue weighted by atomic mass is 79.9. The van der Waals surface area contributed by atoms with Gasteiger partial charge in [-0.25, -0.2) is 9.97 Å².